The summed E-state index contributed by atoms with van der Waals surface area (Å²) in [6, 6.07) is 20.0. The molecule has 1 aliphatic carbocycles. The third-order valence-corrected chi connectivity index (χ3v) is 5.69. The molecular weight excluding hydrogens is 346 g/mol. The van der Waals surface area contributed by atoms with Gasteiger partial charge in [0, 0.05) is 12.0 Å². The molecule has 0 aliphatic heterocycles. The Morgan fingerprint density at radius 2 is 1.61 bits per heavy atom. The number of aryl methyl sites for hydroxylation is 1. The van der Waals surface area contributed by atoms with Gasteiger partial charge in [0.2, 0.25) is 5.91 Å². The van der Waals surface area contributed by atoms with Crippen molar-refractivity contribution in [3.05, 3.63) is 94.9 Å². The summed E-state index contributed by atoms with van der Waals surface area (Å²) in [5.41, 5.74) is 4.37. The predicted octanol–water partition coefficient (Wildman–Crippen LogP) is 5.55. The van der Waals surface area contributed by atoms with Crippen LogP contribution in [0.25, 0.3) is 0 Å². The summed E-state index contributed by atoms with van der Waals surface area (Å²) in [5.74, 6) is 0.713. The van der Waals surface area contributed by atoms with Crippen LogP contribution in [-0.2, 0) is 11.2 Å². The molecule has 1 heterocycles. The Kier molecular flexibility index (Phi) is 4.84. The number of amides is 1. The van der Waals surface area contributed by atoms with Gasteiger partial charge in [-0.1, -0.05) is 74.5 Å². The van der Waals surface area contributed by atoms with Crippen LogP contribution in [0.5, 0.6) is 0 Å². The van der Waals surface area contributed by atoms with Crippen LogP contribution in [0.2, 0.25) is 0 Å². The first-order chi connectivity index (χ1) is 13.4. The second kappa shape index (κ2) is 7.31. The molecule has 1 aliphatic rings. The van der Waals surface area contributed by atoms with Crippen LogP contribution in [0, 0.1) is 12.3 Å². The number of rotatable bonds is 4. The first-order valence-corrected chi connectivity index (χ1v) is 9.92. The molecule has 0 spiro atoms. The molecule has 144 valence electrons. The molecule has 1 atom stereocenters. The summed E-state index contributed by atoms with van der Waals surface area (Å²) in [5, 5.41) is 3.36. The zero-order chi connectivity index (χ0) is 19.7. The lowest BCUT2D eigenvalue weighted by molar-refractivity contribution is -0.122. The molecule has 1 unspecified atom stereocenters. The van der Waals surface area contributed by atoms with Gasteiger partial charge in [-0.15, -0.1) is 0 Å². The predicted molar refractivity (Wildman–Crippen MR) is 111 cm³/mol. The summed E-state index contributed by atoms with van der Waals surface area (Å²) in [6.45, 7) is 6.53. The summed E-state index contributed by atoms with van der Waals surface area (Å²) < 4.78 is 5.81. The van der Waals surface area contributed by atoms with E-state index in [0.717, 1.165) is 40.9 Å². The van der Waals surface area contributed by atoms with E-state index in [9.17, 15) is 4.79 Å². The van der Waals surface area contributed by atoms with Gasteiger partial charge in [0.1, 0.15) is 5.76 Å². The van der Waals surface area contributed by atoms with Gasteiger partial charge in [0.15, 0.2) is 0 Å². The van der Waals surface area contributed by atoms with Crippen molar-refractivity contribution in [3.8, 4) is 0 Å². The molecule has 3 heteroatoms. The minimum Gasteiger partial charge on any atom is -0.469 e. The average molecular weight is 373 g/mol. The maximum atomic E-state index is 13.5. The molecule has 2 aromatic carbocycles. The van der Waals surface area contributed by atoms with Crippen LogP contribution in [0.15, 0.2) is 71.3 Å². The van der Waals surface area contributed by atoms with Crippen LogP contribution in [-0.4, -0.2) is 5.91 Å². The topological polar surface area (TPSA) is 42.2 Å². The third kappa shape index (κ3) is 3.62. The van der Waals surface area contributed by atoms with E-state index in [1.54, 1.807) is 0 Å². The molecule has 0 saturated carbocycles. The molecule has 0 fully saturated rings. The van der Waals surface area contributed by atoms with Crippen molar-refractivity contribution in [2.45, 2.75) is 45.6 Å². The first-order valence-electron chi connectivity index (χ1n) is 9.92. The molecule has 0 bridgehead atoms. The van der Waals surface area contributed by atoms with E-state index in [2.05, 4.69) is 26.1 Å². The van der Waals surface area contributed by atoms with Crippen molar-refractivity contribution < 1.29 is 9.21 Å². The zero-order valence-electron chi connectivity index (χ0n) is 16.7. The summed E-state index contributed by atoms with van der Waals surface area (Å²) in [7, 11) is 0. The Morgan fingerprint density at radius 1 is 1.04 bits per heavy atom. The van der Waals surface area contributed by atoms with Crippen molar-refractivity contribution in [1.82, 2.24) is 5.32 Å². The molecule has 0 radical (unpaired) electrons. The van der Waals surface area contributed by atoms with Crippen LogP contribution in [0.3, 0.4) is 0 Å². The van der Waals surface area contributed by atoms with Crippen molar-refractivity contribution >= 4 is 5.91 Å². The standard InChI is InChI=1S/C25H27NO2/c1-17-16-28-21-15-25(2,3)14-20(22(17)21)26-24(27)23(18-10-6-4-7-11-18)19-12-8-5-9-13-19/h4-13,16,20,23H,14-15H2,1-3H3,(H,26,27). The highest BCUT2D eigenvalue weighted by molar-refractivity contribution is 5.87. The smallest absolute Gasteiger partial charge is 0.232 e. The lowest BCUT2D eigenvalue weighted by Gasteiger charge is -2.36. The minimum absolute atomic E-state index is 0.0278. The van der Waals surface area contributed by atoms with E-state index >= 15 is 0 Å². The van der Waals surface area contributed by atoms with E-state index in [4.69, 9.17) is 4.42 Å². The second-order valence-electron chi connectivity index (χ2n) is 8.62. The summed E-state index contributed by atoms with van der Waals surface area (Å²) in [6.07, 6.45) is 3.63. The number of furan rings is 1. The number of benzene rings is 2. The van der Waals surface area contributed by atoms with Crippen LogP contribution < -0.4 is 5.32 Å². The summed E-state index contributed by atoms with van der Waals surface area (Å²) in [4.78, 5) is 13.5. The number of carbonyl (C=O) groups excluding carboxylic acids is 1. The molecule has 3 aromatic rings. The van der Waals surface area contributed by atoms with E-state index in [-0.39, 0.29) is 23.3 Å². The highest BCUT2D eigenvalue weighted by Crippen LogP contribution is 2.43. The van der Waals surface area contributed by atoms with Crippen LogP contribution in [0.4, 0.5) is 0 Å². The number of carbonyl (C=O) groups is 1. The van der Waals surface area contributed by atoms with Gasteiger partial charge < -0.3 is 9.73 Å². The largest absolute Gasteiger partial charge is 0.469 e. The fourth-order valence-corrected chi connectivity index (χ4v) is 4.44. The maximum Gasteiger partial charge on any atom is 0.232 e. The zero-order valence-corrected chi connectivity index (χ0v) is 16.7. The Labute approximate surface area is 166 Å². The first kappa shape index (κ1) is 18.5. The minimum atomic E-state index is -0.330. The molecule has 1 amide bonds. The van der Waals surface area contributed by atoms with Crippen molar-refractivity contribution in [1.29, 1.82) is 0 Å². The van der Waals surface area contributed by atoms with Gasteiger partial charge in [-0.2, -0.15) is 0 Å². The van der Waals surface area contributed by atoms with Crippen LogP contribution in [0.1, 0.15) is 60.2 Å². The highest BCUT2D eigenvalue weighted by atomic mass is 16.3. The van der Waals surface area contributed by atoms with Gasteiger partial charge in [0.25, 0.3) is 0 Å². The quantitative estimate of drug-likeness (QED) is 0.651. The highest BCUT2D eigenvalue weighted by Gasteiger charge is 2.37. The maximum absolute atomic E-state index is 13.5. The lowest BCUT2D eigenvalue weighted by atomic mass is 9.74. The Balaban J connectivity index is 1.68. The van der Waals surface area contributed by atoms with E-state index in [1.807, 2.05) is 66.9 Å². The van der Waals surface area contributed by atoms with Gasteiger partial charge in [-0.25, -0.2) is 0 Å². The SMILES string of the molecule is Cc1coc2c1C(NC(=O)C(c1ccccc1)c1ccccc1)CC(C)(C)C2. The summed E-state index contributed by atoms with van der Waals surface area (Å²) >= 11 is 0. The van der Waals surface area contributed by atoms with Gasteiger partial charge in [0.05, 0.1) is 18.2 Å². The molecule has 3 nitrogen and oxygen atoms in total. The fourth-order valence-electron chi connectivity index (χ4n) is 4.44. The van der Waals surface area contributed by atoms with Crippen molar-refractivity contribution in [2.24, 2.45) is 5.41 Å². The Morgan fingerprint density at radius 3 is 2.18 bits per heavy atom. The molecule has 1 aromatic heterocycles. The number of hydrogen-bond donors (Lipinski definition) is 1. The molecule has 28 heavy (non-hydrogen) atoms. The van der Waals surface area contributed by atoms with E-state index < -0.39 is 0 Å². The lowest BCUT2D eigenvalue weighted by Crippen LogP contribution is -2.38. The van der Waals surface area contributed by atoms with E-state index in [0.29, 0.717) is 0 Å². The number of nitrogens with one attached hydrogen (secondary N) is 1. The Hall–Kier alpha value is -2.81. The molecule has 0 saturated heterocycles. The fraction of sp³-hybridized carbons (Fsp3) is 0.320. The molecular formula is C25H27NO2. The second-order valence-corrected chi connectivity index (χ2v) is 8.62. The van der Waals surface area contributed by atoms with Crippen LogP contribution >= 0.6 is 0 Å². The van der Waals surface area contributed by atoms with Gasteiger partial charge >= 0.3 is 0 Å². The van der Waals surface area contributed by atoms with E-state index in [1.165, 1.54) is 0 Å². The van der Waals surface area contributed by atoms with Crippen molar-refractivity contribution in [2.75, 3.05) is 0 Å². The monoisotopic (exact) mass is 373 g/mol. The van der Waals surface area contributed by atoms with Gasteiger partial charge in [-0.05, 0) is 35.4 Å². The Bertz CT molecular complexity index is 917. The molecule has 4 rings (SSSR count). The normalized spacial score (nSPS) is 17.9. The van der Waals surface area contributed by atoms with Gasteiger partial charge in [-0.3, -0.25) is 4.79 Å². The van der Waals surface area contributed by atoms with Crippen molar-refractivity contribution in [3.63, 3.8) is 0 Å². The third-order valence-electron chi connectivity index (χ3n) is 5.69. The number of hydrogen-bond acceptors (Lipinski definition) is 2. The number of fused-ring (bicyclic) bond motifs is 1. The average Bonchev–Trinajstić information content (AvgIpc) is 3.03. The molecule has 1 N–H and O–H groups in total.